The number of aryl methyl sites for hydroxylation is 2. The average Bonchev–Trinajstić information content (AvgIpc) is 3.89. The summed E-state index contributed by atoms with van der Waals surface area (Å²) in [5.41, 5.74) is 5.55. The molecule has 1 saturated heterocycles. The second-order valence-corrected chi connectivity index (χ2v) is 13.1. The van der Waals surface area contributed by atoms with E-state index in [2.05, 4.69) is 27.6 Å². The number of thiophene rings is 1. The number of benzene rings is 2. The first-order valence-electron chi connectivity index (χ1n) is 15.5. The summed E-state index contributed by atoms with van der Waals surface area (Å²) in [5.74, 6) is -0.194. The van der Waals surface area contributed by atoms with Gasteiger partial charge in [0.1, 0.15) is 5.82 Å². The highest BCUT2D eigenvalue weighted by molar-refractivity contribution is 7.17. The summed E-state index contributed by atoms with van der Waals surface area (Å²) in [7, 11) is 0. The van der Waals surface area contributed by atoms with E-state index < -0.39 is 11.9 Å². The van der Waals surface area contributed by atoms with Gasteiger partial charge in [-0.3, -0.25) is 14.6 Å². The monoisotopic (exact) mass is 635 g/mol. The molecule has 2 aromatic carbocycles. The summed E-state index contributed by atoms with van der Waals surface area (Å²) in [6.07, 6.45) is 2.46. The third kappa shape index (κ3) is 4.81. The summed E-state index contributed by atoms with van der Waals surface area (Å²) < 4.78 is 19.6. The SMILES string of the molecule is Cc1nnc(-c2c(C[C@H](O)c3ccc(F)cc3)nc3c(c2-c2ccc(C(=O)N[C@@H]4CCc5ccccc54)s2)C(=O)N2CCC[C@@H]32)o1. The van der Waals surface area contributed by atoms with E-state index in [0.29, 0.717) is 55.8 Å². The molecule has 2 N–H and O–H groups in total. The van der Waals surface area contributed by atoms with Crippen molar-refractivity contribution in [3.8, 4) is 21.9 Å². The maximum Gasteiger partial charge on any atom is 0.261 e. The number of aromatic nitrogens is 3. The second-order valence-electron chi connectivity index (χ2n) is 12.1. The minimum atomic E-state index is -1.02. The predicted molar refractivity (Wildman–Crippen MR) is 169 cm³/mol. The number of carbonyl (C=O) groups is 2. The summed E-state index contributed by atoms with van der Waals surface area (Å²) in [6.45, 7) is 2.31. The van der Waals surface area contributed by atoms with Crippen LogP contribution in [0.15, 0.2) is 65.1 Å². The summed E-state index contributed by atoms with van der Waals surface area (Å²) >= 11 is 1.29. The van der Waals surface area contributed by atoms with Crippen LogP contribution < -0.4 is 5.32 Å². The molecule has 8 rings (SSSR count). The van der Waals surface area contributed by atoms with E-state index in [1.54, 1.807) is 25.1 Å². The van der Waals surface area contributed by atoms with E-state index in [4.69, 9.17) is 9.40 Å². The number of aliphatic hydroxyl groups excluding tert-OH is 1. The Bertz CT molecular complexity index is 2000. The molecule has 0 bridgehead atoms. The number of fused-ring (bicyclic) bond motifs is 4. The van der Waals surface area contributed by atoms with Crippen LogP contribution in [0.2, 0.25) is 0 Å². The fraction of sp³-hybridized carbons (Fsp3) is 0.286. The third-order valence-electron chi connectivity index (χ3n) is 9.24. The van der Waals surface area contributed by atoms with Gasteiger partial charge in [0.2, 0.25) is 11.8 Å². The Morgan fingerprint density at radius 3 is 2.72 bits per heavy atom. The smallest absolute Gasteiger partial charge is 0.261 e. The van der Waals surface area contributed by atoms with E-state index >= 15 is 0 Å². The lowest BCUT2D eigenvalue weighted by Gasteiger charge is -2.18. The lowest BCUT2D eigenvalue weighted by atomic mass is 9.92. The van der Waals surface area contributed by atoms with E-state index in [-0.39, 0.29) is 36.2 Å². The Morgan fingerprint density at radius 2 is 1.91 bits per heavy atom. The van der Waals surface area contributed by atoms with Crippen LogP contribution >= 0.6 is 11.3 Å². The van der Waals surface area contributed by atoms with Gasteiger partial charge in [0.15, 0.2) is 0 Å². The Hall–Kier alpha value is -4.74. The molecule has 2 amide bonds. The highest BCUT2D eigenvalue weighted by Crippen LogP contribution is 2.49. The number of nitrogens with zero attached hydrogens (tertiary/aromatic N) is 4. The van der Waals surface area contributed by atoms with Gasteiger partial charge >= 0.3 is 0 Å². The first-order chi connectivity index (χ1) is 22.4. The van der Waals surface area contributed by atoms with Gasteiger partial charge in [-0.1, -0.05) is 36.4 Å². The molecule has 0 unspecified atom stereocenters. The standard InChI is InChI=1S/C35H30FN5O4S/c1-18-39-40-34(45-18)29-24(17-26(42)20-8-11-21(36)12-9-20)37-32-25-7-4-16-41(25)35(44)31(32)30(29)27-14-15-28(46-27)33(43)38-23-13-10-19-5-2-3-6-22(19)23/h2-3,5-6,8-9,11-12,14-15,23,25-26,42H,4,7,10,13,16-17H2,1H3,(H,38,43)/t23-,25+,26+/m1/s1. The fourth-order valence-corrected chi connectivity index (χ4v) is 8.06. The number of rotatable bonds is 7. The molecule has 46 heavy (non-hydrogen) atoms. The molecule has 3 aliphatic rings. The average molecular weight is 636 g/mol. The van der Waals surface area contributed by atoms with Crippen molar-refractivity contribution < 1.29 is 23.5 Å². The molecular weight excluding hydrogens is 605 g/mol. The number of hydrogen-bond donors (Lipinski definition) is 2. The van der Waals surface area contributed by atoms with Crippen LogP contribution in [0, 0.1) is 12.7 Å². The Balaban J connectivity index is 1.24. The van der Waals surface area contributed by atoms with Crippen molar-refractivity contribution in [3.05, 3.63) is 111 Å². The highest BCUT2D eigenvalue weighted by atomic mass is 32.1. The molecule has 1 fully saturated rings. The first-order valence-corrected chi connectivity index (χ1v) is 16.3. The molecule has 5 heterocycles. The number of pyridine rings is 1. The quantitative estimate of drug-likeness (QED) is 0.216. The number of amides is 2. The molecule has 0 radical (unpaired) electrons. The summed E-state index contributed by atoms with van der Waals surface area (Å²) in [6, 6.07) is 17.2. The van der Waals surface area contributed by atoms with Gasteiger partial charge in [0.05, 0.1) is 45.6 Å². The minimum Gasteiger partial charge on any atom is -0.421 e. The normalized spacial score (nSPS) is 18.8. The number of nitrogens with one attached hydrogen (secondary N) is 1. The summed E-state index contributed by atoms with van der Waals surface area (Å²) in [4.78, 5) is 35.7. The van der Waals surface area contributed by atoms with E-state index in [1.165, 1.54) is 29.0 Å². The summed E-state index contributed by atoms with van der Waals surface area (Å²) in [5, 5.41) is 22.9. The number of halogens is 1. The molecule has 11 heteroatoms. The lowest BCUT2D eigenvalue weighted by Crippen LogP contribution is -2.26. The van der Waals surface area contributed by atoms with Crippen molar-refractivity contribution in [2.75, 3.05) is 6.54 Å². The van der Waals surface area contributed by atoms with Crippen LogP contribution in [-0.4, -0.2) is 43.5 Å². The van der Waals surface area contributed by atoms with Gasteiger partial charge in [0.25, 0.3) is 11.8 Å². The lowest BCUT2D eigenvalue weighted by molar-refractivity contribution is 0.0775. The van der Waals surface area contributed by atoms with Crippen molar-refractivity contribution in [1.82, 2.24) is 25.4 Å². The van der Waals surface area contributed by atoms with Crippen LogP contribution in [0.25, 0.3) is 21.9 Å². The third-order valence-corrected chi connectivity index (χ3v) is 10.3. The first kappa shape index (κ1) is 28.7. The van der Waals surface area contributed by atoms with Gasteiger partial charge in [0, 0.05) is 30.3 Å². The molecule has 0 spiro atoms. The second kappa shape index (κ2) is 11.3. The van der Waals surface area contributed by atoms with Crippen molar-refractivity contribution in [2.24, 2.45) is 0 Å². The Labute approximate surface area is 268 Å². The molecule has 0 saturated carbocycles. The minimum absolute atomic E-state index is 0.0589. The van der Waals surface area contributed by atoms with Crippen molar-refractivity contribution in [1.29, 1.82) is 0 Å². The van der Waals surface area contributed by atoms with Gasteiger partial charge in [-0.05, 0) is 66.6 Å². The molecule has 9 nitrogen and oxygen atoms in total. The van der Waals surface area contributed by atoms with Crippen LogP contribution in [0.1, 0.15) is 91.4 Å². The van der Waals surface area contributed by atoms with Crippen molar-refractivity contribution in [2.45, 2.75) is 57.2 Å². The van der Waals surface area contributed by atoms with E-state index in [1.807, 2.05) is 23.1 Å². The van der Waals surface area contributed by atoms with Crippen LogP contribution in [0.5, 0.6) is 0 Å². The van der Waals surface area contributed by atoms with Gasteiger partial charge in [-0.2, -0.15) is 0 Å². The predicted octanol–water partition coefficient (Wildman–Crippen LogP) is 6.29. The maximum atomic E-state index is 14.0. The van der Waals surface area contributed by atoms with Gasteiger partial charge in [-0.25, -0.2) is 4.39 Å². The number of hydrogen-bond acceptors (Lipinski definition) is 8. The molecule has 3 aromatic heterocycles. The zero-order chi connectivity index (χ0) is 31.5. The molecule has 3 atom stereocenters. The highest BCUT2D eigenvalue weighted by Gasteiger charge is 2.45. The molecule has 5 aromatic rings. The van der Waals surface area contributed by atoms with Gasteiger partial charge < -0.3 is 19.7 Å². The number of aliphatic hydroxyl groups is 1. The molecular formula is C35H30FN5O4S. The molecule has 1 aliphatic carbocycles. The largest absolute Gasteiger partial charge is 0.421 e. The van der Waals surface area contributed by atoms with Crippen LogP contribution in [-0.2, 0) is 12.8 Å². The Morgan fingerprint density at radius 1 is 1.09 bits per heavy atom. The van der Waals surface area contributed by atoms with Crippen molar-refractivity contribution >= 4 is 23.2 Å². The Kier molecular flexibility index (Phi) is 7.02. The molecule has 2 aliphatic heterocycles. The van der Waals surface area contributed by atoms with Crippen LogP contribution in [0.4, 0.5) is 4.39 Å². The maximum absolute atomic E-state index is 14.0. The van der Waals surface area contributed by atoms with Gasteiger partial charge in [-0.15, -0.1) is 21.5 Å². The number of carbonyl (C=O) groups excluding carboxylic acids is 2. The topological polar surface area (TPSA) is 121 Å². The van der Waals surface area contributed by atoms with Crippen molar-refractivity contribution in [3.63, 3.8) is 0 Å². The molecule has 232 valence electrons. The zero-order valence-corrected chi connectivity index (χ0v) is 25.8. The van der Waals surface area contributed by atoms with E-state index in [9.17, 15) is 19.1 Å². The van der Waals surface area contributed by atoms with E-state index in [0.717, 1.165) is 31.2 Å². The van der Waals surface area contributed by atoms with Crippen LogP contribution in [0.3, 0.4) is 0 Å². The zero-order valence-electron chi connectivity index (χ0n) is 25.0. The fourth-order valence-electron chi connectivity index (χ4n) is 7.09.